The van der Waals surface area contributed by atoms with Crippen LogP contribution in [-0.2, 0) is 6.42 Å². The Kier molecular flexibility index (Phi) is 5.90. The van der Waals surface area contributed by atoms with Gasteiger partial charge in [0, 0.05) is 16.7 Å². The molecule has 0 heterocycles. The highest BCUT2D eigenvalue weighted by atomic mass is 14.8. The fourth-order valence-corrected chi connectivity index (χ4v) is 10.6. The molecular formula is C42H48. The van der Waals surface area contributed by atoms with Crippen LogP contribution in [0, 0.1) is 33.0 Å². The lowest BCUT2D eigenvalue weighted by Gasteiger charge is -2.76. The van der Waals surface area contributed by atoms with Crippen molar-refractivity contribution < 1.29 is 0 Å². The van der Waals surface area contributed by atoms with Crippen LogP contribution < -0.4 is 0 Å². The Labute approximate surface area is 254 Å². The number of benzene rings is 3. The van der Waals surface area contributed by atoms with E-state index in [0.717, 1.165) is 6.42 Å². The molecule has 0 aromatic heterocycles. The first-order valence-electron chi connectivity index (χ1n) is 16.2. The maximum absolute atomic E-state index is 2.70. The first-order chi connectivity index (χ1) is 19.9. The highest BCUT2D eigenvalue weighted by Gasteiger charge is 2.74. The van der Waals surface area contributed by atoms with Crippen molar-refractivity contribution in [3.63, 3.8) is 0 Å². The monoisotopic (exact) mass is 552 g/mol. The summed E-state index contributed by atoms with van der Waals surface area (Å²) in [7, 11) is 0. The first kappa shape index (κ1) is 27.7. The van der Waals surface area contributed by atoms with Gasteiger partial charge in [0.2, 0.25) is 0 Å². The molecule has 0 spiro atoms. The van der Waals surface area contributed by atoms with Gasteiger partial charge in [0.25, 0.3) is 0 Å². The number of allylic oxidation sites excluding steroid dienone is 6. The first-order valence-corrected chi connectivity index (χ1v) is 16.2. The van der Waals surface area contributed by atoms with Gasteiger partial charge in [-0.2, -0.15) is 0 Å². The largest absolute Gasteiger partial charge is 0.0842 e. The minimum absolute atomic E-state index is 0.00352. The lowest BCUT2D eigenvalue weighted by Crippen LogP contribution is -2.69. The van der Waals surface area contributed by atoms with Crippen molar-refractivity contribution in [3.05, 3.63) is 136 Å². The zero-order valence-corrected chi connectivity index (χ0v) is 27.0. The van der Waals surface area contributed by atoms with Crippen molar-refractivity contribution in [2.24, 2.45) is 33.0 Å². The standard InChI is InChI=1S/C42H48/c1-38(2)39(3,4)41(7)34-26-18-17-25-32(34)35-31-24-16-15-23-30(31)27-33(35)37(41)42(8,40(38,5)6)36(28-19-11-9-12-20-28)29-21-13-10-14-22-29/h9-17,19-25,34,36H,18,26-27H2,1-8H3. The molecule has 0 bridgehead atoms. The Bertz CT molecular complexity index is 1600. The average Bonchev–Trinajstić information content (AvgIpc) is 3.36. The Morgan fingerprint density at radius 2 is 1.21 bits per heavy atom. The highest BCUT2D eigenvalue weighted by molar-refractivity contribution is 5.92. The third kappa shape index (κ3) is 3.14. The van der Waals surface area contributed by atoms with E-state index in [2.05, 4.69) is 152 Å². The van der Waals surface area contributed by atoms with E-state index >= 15 is 0 Å². The summed E-state index contributed by atoms with van der Waals surface area (Å²) in [5, 5.41) is 0. The topological polar surface area (TPSA) is 0 Å². The third-order valence-electron chi connectivity index (χ3n) is 14.1. The molecule has 3 aromatic carbocycles. The lowest BCUT2D eigenvalue weighted by molar-refractivity contribution is -0.197. The van der Waals surface area contributed by atoms with Crippen LogP contribution >= 0.6 is 0 Å². The molecule has 0 N–H and O–H groups in total. The summed E-state index contributed by atoms with van der Waals surface area (Å²) in [5.74, 6) is 0.733. The summed E-state index contributed by atoms with van der Waals surface area (Å²) in [6.45, 7) is 21.1. The van der Waals surface area contributed by atoms with E-state index in [-0.39, 0.29) is 33.0 Å². The third-order valence-corrected chi connectivity index (χ3v) is 14.1. The van der Waals surface area contributed by atoms with Crippen molar-refractivity contribution in [1.82, 2.24) is 0 Å². The molecule has 0 saturated heterocycles. The van der Waals surface area contributed by atoms with Gasteiger partial charge in [-0.1, -0.05) is 158 Å². The van der Waals surface area contributed by atoms with E-state index in [1.54, 1.807) is 22.3 Å². The van der Waals surface area contributed by atoms with Gasteiger partial charge in [-0.3, -0.25) is 0 Å². The number of rotatable bonds is 3. The van der Waals surface area contributed by atoms with Crippen LogP contribution in [0.3, 0.4) is 0 Å². The predicted molar refractivity (Wildman–Crippen MR) is 178 cm³/mol. The predicted octanol–water partition coefficient (Wildman–Crippen LogP) is 11.2. The van der Waals surface area contributed by atoms with Crippen molar-refractivity contribution in [3.8, 4) is 0 Å². The molecule has 0 amide bonds. The number of fused-ring (bicyclic) bond motifs is 6. The van der Waals surface area contributed by atoms with E-state index in [1.807, 2.05) is 0 Å². The zero-order valence-electron chi connectivity index (χ0n) is 27.0. The molecule has 0 heteroatoms. The molecule has 42 heavy (non-hydrogen) atoms. The molecule has 0 nitrogen and oxygen atoms in total. The van der Waals surface area contributed by atoms with Gasteiger partial charge in [-0.05, 0) is 80.4 Å². The van der Waals surface area contributed by atoms with Crippen molar-refractivity contribution in [2.75, 3.05) is 0 Å². The van der Waals surface area contributed by atoms with Crippen molar-refractivity contribution >= 4 is 5.57 Å². The zero-order chi connectivity index (χ0) is 29.7. The van der Waals surface area contributed by atoms with Crippen LogP contribution in [0.1, 0.15) is 96.4 Å². The number of hydrogen-bond donors (Lipinski definition) is 0. The Balaban J connectivity index is 1.67. The van der Waals surface area contributed by atoms with E-state index in [9.17, 15) is 0 Å². The molecule has 0 aliphatic heterocycles. The molecule has 3 unspecified atom stereocenters. The SMILES string of the molecule is CC12C(=C3Cc4ccccc4C3=C3C=CCCC31)C(C)(C(c1ccccc1)c1ccccc1)C(C)(C)C(C)(C)C2(C)C. The van der Waals surface area contributed by atoms with Gasteiger partial charge < -0.3 is 0 Å². The van der Waals surface area contributed by atoms with Gasteiger partial charge in [0.05, 0.1) is 0 Å². The van der Waals surface area contributed by atoms with Gasteiger partial charge in [-0.15, -0.1) is 0 Å². The molecule has 216 valence electrons. The molecule has 7 rings (SSSR count). The van der Waals surface area contributed by atoms with Crippen LogP contribution in [-0.4, -0.2) is 0 Å². The summed E-state index contributed by atoms with van der Waals surface area (Å²) >= 11 is 0. The molecule has 3 aromatic rings. The van der Waals surface area contributed by atoms with Crippen molar-refractivity contribution in [2.45, 2.75) is 80.6 Å². The van der Waals surface area contributed by atoms with Crippen LogP contribution in [0.2, 0.25) is 0 Å². The minimum atomic E-state index is -0.140. The normalized spacial score (nSPS) is 30.1. The second kappa shape index (κ2) is 8.95. The summed E-state index contributed by atoms with van der Waals surface area (Å²) in [4.78, 5) is 0. The second-order valence-corrected chi connectivity index (χ2v) is 15.6. The summed E-state index contributed by atoms with van der Waals surface area (Å²) < 4.78 is 0. The molecule has 3 atom stereocenters. The van der Waals surface area contributed by atoms with E-state index < -0.39 is 0 Å². The van der Waals surface area contributed by atoms with E-state index in [0.29, 0.717) is 5.92 Å². The summed E-state index contributed by atoms with van der Waals surface area (Å²) in [5.41, 5.74) is 12.3. The molecule has 4 aliphatic carbocycles. The summed E-state index contributed by atoms with van der Waals surface area (Å²) in [6, 6.07) is 32.2. The van der Waals surface area contributed by atoms with Gasteiger partial charge in [0.15, 0.2) is 0 Å². The quantitative estimate of drug-likeness (QED) is 0.303. The Morgan fingerprint density at radius 1 is 0.643 bits per heavy atom. The Morgan fingerprint density at radius 3 is 1.83 bits per heavy atom. The van der Waals surface area contributed by atoms with E-state index in [1.165, 1.54) is 35.1 Å². The van der Waals surface area contributed by atoms with Crippen LogP contribution in [0.25, 0.3) is 5.57 Å². The molecular weight excluding hydrogens is 504 g/mol. The average molecular weight is 553 g/mol. The van der Waals surface area contributed by atoms with Gasteiger partial charge in [0.1, 0.15) is 0 Å². The van der Waals surface area contributed by atoms with Crippen molar-refractivity contribution in [1.29, 1.82) is 0 Å². The molecule has 1 fully saturated rings. The van der Waals surface area contributed by atoms with E-state index in [4.69, 9.17) is 0 Å². The van der Waals surface area contributed by atoms with Crippen LogP contribution in [0.15, 0.2) is 114 Å². The summed E-state index contributed by atoms with van der Waals surface area (Å²) in [6.07, 6.45) is 8.41. The second-order valence-electron chi connectivity index (χ2n) is 15.6. The fourth-order valence-electron chi connectivity index (χ4n) is 10.6. The highest BCUT2D eigenvalue weighted by Crippen LogP contribution is 2.81. The Hall–Kier alpha value is -3.12. The van der Waals surface area contributed by atoms with Gasteiger partial charge >= 0.3 is 0 Å². The van der Waals surface area contributed by atoms with Crippen LogP contribution in [0.4, 0.5) is 0 Å². The van der Waals surface area contributed by atoms with Crippen LogP contribution in [0.5, 0.6) is 0 Å². The van der Waals surface area contributed by atoms with Gasteiger partial charge in [-0.25, -0.2) is 0 Å². The fraction of sp³-hybridized carbons (Fsp3) is 0.429. The minimum Gasteiger partial charge on any atom is -0.0842 e. The maximum atomic E-state index is 2.70. The number of hydrogen-bond acceptors (Lipinski definition) is 0. The lowest BCUT2D eigenvalue weighted by atomic mass is 9.27. The molecule has 0 radical (unpaired) electrons. The molecule has 4 aliphatic rings. The molecule has 1 saturated carbocycles. The maximum Gasteiger partial charge on any atom is 0.0186 e. The smallest absolute Gasteiger partial charge is 0.0186 e.